The van der Waals surface area contributed by atoms with Crippen LogP contribution in [0.5, 0.6) is 0 Å². The zero-order chi connectivity index (χ0) is 13.5. The van der Waals surface area contributed by atoms with E-state index in [0.717, 1.165) is 6.42 Å². The van der Waals surface area contributed by atoms with Crippen molar-refractivity contribution in [1.82, 2.24) is 5.32 Å². The second-order valence-electron chi connectivity index (χ2n) is 4.04. The number of hydrogen-bond acceptors (Lipinski definition) is 3. The zero-order valence-corrected chi connectivity index (χ0v) is 10.9. The largest absolute Gasteiger partial charge is 0.362 e. The highest BCUT2D eigenvalue weighted by Crippen LogP contribution is 2.23. The fourth-order valence-electron chi connectivity index (χ4n) is 1.85. The average molecular weight is 253 g/mol. The lowest BCUT2D eigenvalue weighted by molar-refractivity contribution is -0.119. The van der Waals surface area contributed by atoms with E-state index in [1.165, 1.54) is 6.07 Å². The lowest BCUT2D eigenvalue weighted by Crippen LogP contribution is -2.37. The van der Waals surface area contributed by atoms with Crippen molar-refractivity contribution in [2.24, 2.45) is 5.73 Å². The van der Waals surface area contributed by atoms with Gasteiger partial charge in [0, 0.05) is 31.4 Å². The van der Waals surface area contributed by atoms with Crippen molar-refractivity contribution in [3.05, 3.63) is 29.6 Å². The van der Waals surface area contributed by atoms with Gasteiger partial charge in [0.05, 0.1) is 6.54 Å². The topological polar surface area (TPSA) is 58.4 Å². The molecule has 1 aromatic carbocycles. The van der Waals surface area contributed by atoms with Crippen LogP contribution < -0.4 is 16.0 Å². The van der Waals surface area contributed by atoms with Crippen molar-refractivity contribution in [2.75, 3.05) is 25.0 Å². The number of carbonyl (C=O) groups is 1. The van der Waals surface area contributed by atoms with Gasteiger partial charge in [0.25, 0.3) is 0 Å². The summed E-state index contributed by atoms with van der Waals surface area (Å²) in [6.45, 7) is 3.03. The number of nitrogens with one attached hydrogen (secondary N) is 1. The summed E-state index contributed by atoms with van der Waals surface area (Å²) < 4.78 is 13.7. The highest BCUT2D eigenvalue weighted by molar-refractivity contribution is 5.81. The number of likely N-dealkylation sites (N-methyl/N-ethyl adjacent to an activating group) is 1. The molecule has 4 nitrogen and oxygen atoms in total. The summed E-state index contributed by atoms with van der Waals surface area (Å²) >= 11 is 0. The number of amides is 1. The molecule has 0 spiro atoms. The lowest BCUT2D eigenvalue weighted by atomic mass is 10.1. The number of hydrogen-bond donors (Lipinski definition) is 2. The fourth-order valence-corrected chi connectivity index (χ4v) is 1.85. The molecule has 0 atom stereocenters. The fraction of sp³-hybridized carbons (Fsp3) is 0.462. The Bertz CT molecular complexity index is 409. The minimum absolute atomic E-state index is 0.101. The Labute approximate surface area is 107 Å². The predicted octanol–water partition coefficient (Wildman–Crippen LogP) is 1.25. The molecule has 18 heavy (non-hydrogen) atoms. The first kappa shape index (κ1) is 14.4. The molecule has 5 heteroatoms. The molecule has 1 aromatic rings. The molecule has 0 aliphatic heterocycles. The summed E-state index contributed by atoms with van der Waals surface area (Å²) in [5.41, 5.74) is 6.73. The molecule has 0 fully saturated rings. The van der Waals surface area contributed by atoms with Gasteiger partial charge in [-0.3, -0.25) is 4.79 Å². The van der Waals surface area contributed by atoms with Gasteiger partial charge < -0.3 is 16.0 Å². The maximum atomic E-state index is 13.7. The van der Waals surface area contributed by atoms with E-state index in [-0.39, 0.29) is 24.8 Å². The van der Waals surface area contributed by atoms with Gasteiger partial charge in [-0.2, -0.15) is 0 Å². The first-order chi connectivity index (χ1) is 8.63. The Morgan fingerprint density at radius 1 is 1.50 bits per heavy atom. The van der Waals surface area contributed by atoms with Crippen LogP contribution in [0, 0.1) is 5.82 Å². The highest BCUT2D eigenvalue weighted by Gasteiger charge is 2.15. The van der Waals surface area contributed by atoms with E-state index < -0.39 is 0 Å². The quantitative estimate of drug-likeness (QED) is 0.802. The second kappa shape index (κ2) is 6.96. The van der Waals surface area contributed by atoms with Crippen LogP contribution in [0.25, 0.3) is 0 Å². The normalized spacial score (nSPS) is 10.2. The number of halogens is 1. The molecule has 0 heterocycles. The summed E-state index contributed by atoms with van der Waals surface area (Å²) in [6, 6.07) is 4.82. The van der Waals surface area contributed by atoms with Crippen LogP contribution in [0.15, 0.2) is 18.2 Å². The maximum Gasteiger partial charge on any atom is 0.239 e. The Kier molecular flexibility index (Phi) is 5.58. The van der Waals surface area contributed by atoms with Gasteiger partial charge in [0.15, 0.2) is 0 Å². The van der Waals surface area contributed by atoms with Crippen LogP contribution in [0.2, 0.25) is 0 Å². The van der Waals surface area contributed by atoms with E-state index in [0.29, 0.717) is 17.8 Å². The first-order valence-electron chi connectivity index (χ1n) is 6.07. The van der Waals surface area contributed by atoms with Crippen LogP contribution in [-0.4, -0.2) is 26.0 Å². The van der Waals surface area contributed by atoms with Crippen LogP contribution in [0.3, 0.4) is 0 Å². The van der Waals surface area contributed by atoms with Crippen molar-refractivity contribution >= 4 is 11.6 Å². The first-order valence-corrected chi connectivity index (χ1v) is 6.07. The molecule has 0 unspecified atom stereocenters. The monoisotopic (exact) mass is 253 g/mol. The molecule has 3 N–H and O–H groups in total. The number of nitrogens with two attached hydrogens (primary N) is 1. The van der Waals surface area contributed by atoms with Gasteiger partial charge in [-0.1, -0.05) is 13.0 Å². The summed E-state index contributed by atoms with van der Waals surface area (Å²) in [5.74, 6) is -0.427. The van der Waals surface area contributed by atoms with E-state index >= 15 is 0 Å². The Morgan fingerprint density at radius 3 is 2.78 bits per heavy atom. The molecule has 0 aromatic heterocycles. The average Bonchev–Trinajstić information content (AvgIpc) is 2.37. The molecule has 1 amide bonds. The smallest absolute Gasteiger partial charge is 0.239 e. The SMILES string of the molecule is CCCN(CC(=O)NC)c1cccc(F)c1CN. The molecule has 0 bridgehead atoms. The zero-order valence-electron chi connectivity index (χ0n) is 10.9. The molecule has 0 aliphatic rings. The molecule has 0 radical (unpaired) electrons. The predicted molar refractivity (Wildman–Crippen MR) is 70.9 cm³/mol. The third-order valence-corrected chi connectivity index (χ3v) is 2.75. The maximum absolute atomic E-state index is 13.7. The summed E-state index contributed by atoms with van der Waals surface area (Å²) in [4.78, 5) is 13.3. The molecular formula is C13H20FN3O. The van der Waals surface area contributed by atoms with Gasteiger partial charge >= 0.3 is 0 Å². The minimum atomic E-state index is -0.326. The minimum Gasteiger partial charge on any atom is -0.362 e. The Morgan fingerprint density at radius 2 is 2.22 bits per heavy atom. The summed E-state index contributed by atoms with van der Waals surface area (Å²) in [7, 11) is 1.59. The third-order valence-electron chi connectivity index (χ3n) is 2.75. The van der Waals surface area contributed by atoms with E-state index in [1.807, 2.05) is 11.8 Å². The van der Waals surface area contributed by atoms with Crippen LogP contribution in [0.4, 0.5) is 10.1 Å². The van der Waals surface area contributed by atoms with E-state index in [9.17, 15) is 9.18 Å². The summed E-state index contributed by atoms with van der Waals surface area (Å²) in [5, 5.41) is 2.57. The highest BCUT2D eigenvalue weighted by atomic mass is 19.1. The van der Waals surface area contributed by atoms with Crippen molar-refractivity contribution in [1.29, 1.82) is 0 Å². The standard InChI is InChI=1S/C13H20FN3O/c1-3-7-17(9-13(18)16-2)12-6-4-5-11(14)10(12)8-15/h4-6H,3,7-9,15H2,1-2H3,(H,16,18). The van der Waals surface area contributed by atoms with Crippen molar-refractivity contribution in [3.63, 3.8) is 0 Å². The Balaban J connectivity index is 3.04. The molecule has 1 rings (SSSR count). The van der Waals surface area contributed by atoms with Gasteiger partial charge in [-0.15, -0.1) is 0 Å². The van der Waals surface area contributed by atoms with E-state index in [4.69, 9.17) is 5.73 Å². The number of carbonyl (C=O) groups excluding carboxylic acids is 1. The van der Waals surface area contributed by atoms with E-state index in [2.05, 4.69) is 5.32 Å². The van der Waals surface area contributed by atoms with Crippen molar-refractivity contribution < 1.29 is 9.18 Å². The second-order valence-corrected chi connectivity index (χ2v) is 4.04. The van der Waals surface area contributed by atoms with E-state index in [1.54, 1.807) is 19.2 Å². The lowest BCUT2D eigenvalue weighted by Gasteiger charge is -2.25. The van der Waals surface area contributed by atoms with Gasteiger partial charge in [-0.25, -0.2) is 4.39 Å². The molecular weight excluding hydrogens is 233 g/mol. The van der Waals surface area contributed by atoms with Gasteiger partial charge in [0.1, 0.15) is 5.82 Å². The van der Waals surface area contributed by atoms with Crippen LogP contribution >= 0.6 is 0 Å². The number of nitrogens with zero attached hydrogens (tertiary/aromatic N) is 1. The van der Waals surface area contributed by atoms with Crippen molar-refractivity contribution in [2.45, 2.75) is 19.9 Å². The Hall–Kier alpha value is -1.62. The van der Waals surface area contributed by atoms with Crippen molar-refractivity contribution in [3.8, 4) is 0 Å². The third kappa shape index (κ3) is 3.43. The molecule has 0 saturated heterocycles. The summed E-state index contributed by atoms with van der Waals surface area (Å²) in [6.07, 6.45) is 0.873. The molecule has 100 valence electrons. The molecule has 0 saturated carbocycles. The molecule has 0 aliphatic carbocycles. The number of benzene rings is 1. The van der Waals surface area contributed by atoms with Crippen LogP contribution in [-0.2, 0) is 11.3 Å². The van der Waals surface area contributed by atoms with Gasteiger partial charge in [-0.05, 0) is 18.6 Å². The van der Waals surface area contributed by atoms with Gasteiger partial charge in [0.2, 0.25) is 5.91 Å². The number of rotatable bonds is 6. The number of anilines is 1. The van der Waals surface area contributed by atoms with Crippen LogP contribution in [0.1, 0.15) is 18.9 Å².